The summed E-state index contributed by atoms with van der Waals surface area (Å²) in [5.74, 6) is 0.925. The van der Waals surface area contributed by atoms with Gasteiger partial charge in [0.15, 0.2) is 0 Å². The first-order valence-electron chi connectivity index (χ1n) is 8.76. The predicted molar refractivity (Wildman–Crippen MR) is 109 cm³/mol. The molecule has 1 aromatic carbocycles. The number of benzene rings is 1. The van der Waals surface area contributed by atoms with E-state index in [1.54, 1.807) is 30.6 Å². The molecule has 1 N–H and O–H groups in total. The van der Waals surface area contributed by atoms with Gasteiger partial charge in [0.2, 0.25) is 5.91 Å². The second kappa shape index (κ2) is 9.41. The summed E-state index contributed by atoms with van der Waals surface area (Å²) in [5, 5.41) is 7.64. The molecule has 0 atom stereocenters. The lowest BCUT2D eigenvalue weighted by atomic mass is 10.2. The van der Waals surface area contributed by atoms with Gasteiger partial charge in [0.1, 0.15) is 11.5 Å². The van der Waals surface area contributed by atoms with Crippen LogP contribution in [0.5, 0.6) is 11.5 Å². The second-order valence-corrected chi connectivity index (χ2v) is 7.61. The summed E-state index contributed by atoms with van der Waals surface area (Å²) in [6.07, 6.45) is 0. The normalized spacial score (nSPS) is 15.5. The van der Waals surface area contributed by atoms with Gasteiger partial charge in [-0.25, -0.2) is 0 Å². The van der Waals surface area contributed by atoms with Crippen LogP contribution >= 0.6 is 22.9 Å². The van der Waals surface area contributed by atoms with Gasteiger partial charge in [0.05, 0.1) is 31.5 Å². The molecule has 1 aliphatic rings. The Hall–Kier alpha value is -1.80. The minimum absolute atomic E-state index is 0.0797. The largest absolute Gasteiger partial charge is 0.495 e. The average Bonchev–Trinajstić information content (AvgIpc) is 3.17. The molecule has 1 fully saturated rings. The summed E-state index contributed by atoms with van der Waals surface area (Å²) >= 11 is 7.83. The number of piperazine rings is 1. The lowest BCUT2D eigenvalue weighted by Crippen LogP contribution is -2.48. The Labute approximate surface area is 168 Å². The highest BCUT2D eigenvalue weighted by molar-refractivity contribution is 7.07. The molecule has 0 saturated carbocycles. The van der Waals surface area contributed by atoms with E-state index in [9.17, 15) is 4.79 Å². The maximum atomic E-state index is 12.5. The number of nitrogens with zero attached hydrogens (tertiary/aromatic N) is 2. The fourth-order valence-corrected chi connectivity index (χ4v) is 3.99. The number of anilines is 1. The van der Waals surface area contributed by atoms with Crippen LogP contribution in [0, 0.1) is 0 Å². The molecule has 0 aliphatic carbocycles. The molecule has 0 spiro atoms. The summed E-state index contributed by atoms with van der Waals surface area (Å²) in [7, 11) is 3.08. The number of halogens is 1. The van der Waals surface area contributed by atoms with Gasteiger partial charge >= 0.3 is 0 Å². The molecule has 3 rings (SSSR count). The number of methoxy groups -OCH3 is 2. The minimum atomic E-state index is -0.0797. The van der Waals surface area contributed by atoms with Gasteiger partial charge in [-0.1, -0.05) is 11.6 Å². The molecule has 2 aromatic rings. The number of thiophene rings is 1. The number of rotatable bonds is 7. The van der Waals surface area contributed by atoms with Crippen molar-refractivity contribution in [2.75, 3.05) is 52.3 Å². The number of ether oxygens (including phenoxy) is 2. The average molecular weight is 410 g/mol. The lowest BCUT2D eigenvalue weighted by molar-refractivity contribution is -0.117. The van der Waals surface area contributed by atoms with Gasteiger partial charge < -0.3 is 14.8 Å². The van der Waals surface area contributed by atoms with E-state index in [1.165, 1.54) is 12.7 Å². The maximum absolute atomic E-state index is 12.5. The highest BCUT2D eigenvalue weighted by Gasteiger charge is 2.20. The van der Waals surface area contributed by atoms with Crippen LogP contribution in [0.25, 0.3) is 0 Å². The highest BCUT2D eigenvalue weighted by Crippen LogP contribution is 2.35. The van der Waals surface area contributed by atoms with Gasteiger partial charge in [-0.05, 0) is 22.4 Å². The van der Waals surface area contributed by atoms with Crippen molar-refractivity contribution in [1.82, 2.24) is 9.80 Å². The van der Waals surface area contributed by atoms with Crippen LogP contribution in [0.1, 0.15) is 5.56 Å². The first kappa shape index (κ1) is 19.9. The van der Waals surface area contributed by atoms with E-state index in [1.807, 2.05) is 0 Å². The molecule has 1 aliphatic heterocycles. The number of carbonyl (C=O) groups excluding carboxylic acids is 1. The van der Waals surface area contributed by atoms with Crippen LogP contribution in [-0.2, 0) is 11.3 Å². The topological polar surface area (TPSA) is 54.0 Å². The lowest BCUT2D eigenvalue weighted by Gasteiger charge is -2.34. The van der Waals surface area contributed by atoms with Gasteiger partial charge in [-0.2, -0.15) is 11.3 Å². The Kier molecular flexibility index (Phi) is 6.95. The number of carbonyl (C=O) groups is 1. The molecule has 0 bridgehead atoms. The van der Waals surface area contributed by atoms with Crippen molar-refractivity contribution in [2.45, 2.75) is 6.54 Å². The minimum Gasteiger partial charge on any atom is -0.495 e. The summed E-state index contributed by atoms with van der Waals surface area (Å²) < 4.78 is 10.5. The monoisotopic (exact) mass is 409 g/mol. The maximum Gasteiger partial charge on any atom is 0.238 e. The summed E-state index contributed by atoms with van der Waals surface area (Å²) in [6, 6.07) is 5.48. The number of amides is 1. The van der Waals surface area contributed by atoms with E-state index in [0.717, 1.165) is 32.7 Å². The third kappa shape index (κ3) is 5.35. The smallest absolute Gasteiger partial charge is 0.238 e. The summed E-state index contributed by atoms with van der Waals surface area (Å²) in [6.45, 7) is 4.99. The van der Waals surface area contributed by atoms with Crippen LogP contribution < -0.4 is 14.8 Å². The van der Waals surface area contributed by atoms with Crippen LogP contribution in [-0.4, -0.2) is 62.7 Å². The third-order valence-electron chi connectivity index (χ3n) is 4.57. The number of hydrogen-bond acceptors (Lipinski definition) is 6. The molecule has 0 radical (unpaired) electrons. The second-order valence-electron chi connectivity index (χ2n) is 6.42. The van der Waals surface area contributed by atoms with Crippen molar-refractivity contribution < 1.29 is 14.3 Å². The molecule has 0 unspecified atom stereocenters. The molecule has 2 heterocycles. The highest BCUT2D eigenvalue weighted by atomic mass is 35.5. The van der Waals surface area contributed by atoms with E-state index in [2.05, 4.69) is 31.9 Å². The number of hydrogen-bond donors (Lipinski definition) is 1. The number of nitrogens with one attached hydrogen (secondary N) is 1. The van der Waals surface area contributed by atoms with E-state index in [0.29, 0.717) is 28.8 Å². The van der Waals surface area contributed by atoms with Crippen LogP contribution in [0.15, 0.2) is 29.0 Å². The standard InChI is InChI=1S/C19H24ClN3O3S/c1-25-17-10-16(18(26-2)9-15(17)20)21-19(24)12-23-6-4-22(5-7-23)11-14-3-8-27-13-14/h3,8-10,13H,4-7,11-12H2,1-2H3,(H,21,24). The molecule has 8 heteroatoms. The molecule has 1 saturated heterocycles. The van der Waals surface area contributed by atoms with Crippen LogP contribution in [0.4, 0.5) is 5.69 Å². The third-order valence-corrected chi connectivity index (χ3v) is 5.59. The van der Waals surface area contributed by atoms with Gasteiger partial charge in [-0.3, -0.25) is 14.6 Å². The summed E-state index contributed by atoms with van der Waals surface area (Å²) in [4.78, 5) is 17.1. The van der Waals surface area contributed by atoms with Crippen molar-refractivity contribution in [3.05, 3.63) is 39.5 Å². The van der Waals surface area contributed by atoms with Crippen molar-refractivity contribution in [1.29, 1.82) is 0 Å². The van der Waals surface area contributed by atoms with E-state index < -0.39 is 0 Å². The van der Waals surface area contributed by atoms with E-state index in [-0.39, 0.29) is 5.91 Å². The fraction of sp³-hybridized carbons (Fsp3) is 0.421. The van der Waals surface area contributed by atoms with E-state index in [4.69, 9.17) is 21.1 Å². The molecule has 1 aromatic heterocycles. The summed E-state index contributed by atoms with van der Waals surface area (Å²) in [5.41, 5.74) is 1.91. The first-order valence-corrected chi connectivity index (χ1v) is 10.1. The Morgan fingerprint density at radius 3 is 2.48 bits per heavy atom. The molecular weight excluding hydrogens is 386 g/mol. The SMILES string of the molecule is COc1cc(NC(=O)CN2CCN(Cc3ccsc3)CC2)c(OC)cc1Cl. The van der Waals surface area contributed by atoms with Crippen molar-refractivity contribution in [2.24, 2.45) is 0 Å². The molecule has 6 nitrogen and oxygen atoms in total. The fourth-order valence-electron chi connectivity index (χ4n) is 3.10. The Balaban J connectivity index is 1.51. The first-order chi connectivity index (χ1) is 13.1. The van der Waals surface area contributed by atoms with Crippen molar-refractivity contribution in [3.8, 4) is 11.5 Å². The predicted octanol–water partition coefficient (Wildman–Crippen LogP) is 3.18. The Morgan fingerprint density at radius 1 is 1.15 bits per heavy atom. The van der Waals surface area contributed by atoms with Gasteiger partial charge in [0, 0.05) is 44.9 Å². The Morgan fingerprint density at radius 2 is 1.85 bits per heavy atom. The molecule has 1 amide bonds. The zero-order valence-corrected chi connectivity index (χ0v) is 17.1. The van der Waals surface area contributed by atoms with Crippen LogP contribution in [0.3, 0.4) is 0 Å². The molecular formula is C19H24ClN3O3S. The molecule has 27 heavy (non-hydrogen) atoms. The van der Waals surface area contributed by atoms with Crippen molar-refractivity contribution in [3.63, 3.8) is 0 Å². The van der Waals surface area contributed by atoms with Gasteiger partial charge in [0.25, 0.3) is 0 Å². The quantitative estimate of drug-likeness (QED) is 0.761. The van der Waals surface area contributed by atoms with Crippen molar-refractivity contribution >= 4 is 34.5 Å². The van der Waals surface area contributed by atoms with E-state index >= 15 is 0 Å². The van der Waals surface area contributed by atoms with Crippen LogP contribution in [0.2, 0.25) is 5.02 Å². The Bertz CT molecular complexity index is 762. The molecule has 146 valence electrons. The zero-order chi connectivity index (χ0) is 19.2. The van der Waals surface area contributed by atoms with Gasteiger partial charge in [-0.15, -0.1) is 0 Å². The zero-order valence-electron chi connectivity index (χ0n) is 15.5.